The Hall–Kier alpha value is -1.26. The Kier molecular flexibility index (Phi) is 6.12. The van der Waals surface area contributed by atoms with Crippen molar-refractivity contribution >= 4 is 12.0 Å². The van der Waals surface area contributed by atoms with Crippen molar-refractivity contribution in [3.63, 3.8) is 0 Å². The Morgan fingerprint density at radius 1 is 1.32 bits per heavy atom. The van der Waals surface area contributed by atoms with E-state index in [9.17, 15) is 9.59 Å². The fraction of sp³-hybridized carbons (Fsp3) is 0.857. The van der Waals surface area contributed by atoms with Gasteiger partial charge in [-0.25, -0.2) is 4.79 Å². The second-order valence-electron chi connectivity index (χ2n) is 5.83. The first-order valence-corrected chi connectivity index (χ1v) is 7.21. The van der Waals surface area contributed by atoms with Crippen LogP contribution in [0.3, 0.4) is 0 Å². The summed E-state index contributed by atoms with van der Waals surface area (Å²) in [4.78, 5) is 22.8. The van der Waals surface area contributed by atoms with E-state index in [1.54, 1.807) is 0 Å². The molecule has 1 aliphatic carbocycles. The standard InChI is InChI=1S/C14H26N2O3/c1-4-11(7-10-5-6-10)16-14(19)15-8-12(9(2)3)13(17)18/h9-12H,4-8H2,1-3H3,(H,17,18)(H2,15,16,19). The van der Waals surface area contributed by atoms with Gasteiger partial charge in [0, 0.05) is 12.6 Å². The number of urea groups is 1. The lowest BCUT2D eigenvalue weighted by Gasteiger charge is -2.20. The molecule has 1 saturated carbocycles. The van der Waals surface area contributed by atoms with Crippen molar-refractivity contribution in [2.45, 2.75) is 52.5 Å². The van der Waals surface area contributed by atoms with E-state index in [1.165, 1.54) is 12.8 Å². The number of rotatable bonds is 8. The third-order valence-corrected chi connectivity index (χ3v) is 3.75. The minimum atomic E-state index is -0.861. The van der Waals surface area contributed by atoms with Crippen LogP contribution in [0.5, 0.6) is 0 Å². The highest BCUT2D eigenvalue weighted by Crippen LogP contribution is 2.33. The molecule has 0 radical (unpaired) electrons. The first kappa shape index (κ1) is 15.8. The van der Waals surface area contributed by atoms with Crippen LogP contribution in [0.1, 0.15) is 46.5 Å². The van der Waals surface area contributed by atoms with E-state index in [0.29, 0.717) is 0 Å². The van der Waals surface area contributed by atoms with Crippen LogP contribution < -0.4 is 10.6 Å². The smallest absolute Gasteiger partial charge is 0.315 e. The Morgan fingerprint density at radius 3 is 2.37 bits per heavy atom. The highest BCUT2D eigenvalue weighted by molar-refractivity contribution is 5.76. The predicted octanol–water partition coefficient (Wildman–Crippen LogP) is 2.22. The number of hydrogen-bond acceptors (Lipinski definition) is 2. The number of carbonyl (C=O) groups excluding carboxylic acids is 1. The molecule has 0 heterocycles. The summed E-state index contributed by atoms with van der Waals surface area (Å²) >= 11 is 0. The highest BCUT2D eigenvalue weighted by atomic mass is 16.4. The van der Waals surface area contributed by atoms with Crippen LogP contribution in [0.4, 0.5) is 4.79 Å². The molecule has 2 unspecified atom stereocenters. The van der Waals surface area contributed by atoms with Gasteiger partial charge in [0.15, 0.2) is 0 Å². The number of nitrogens with one attached hydrogen (secondary N) is 2. The van der Waals surface area contributed by atoms with E-state index >= 15 is 0 Å². The van der Waals surface area contributed by atoms with Crippen LogP contribution in [0.25, 0.3) is 0 Å². The van der Waals surface area contributed by atoms with Crippen LogP contribution in [0, 0.1) is 17.8 Å². The quantitative estimate of drug-likeness (QED) is 0.633. The fourth-order valence-electron chi connectivity index (χ4n) is 2.13. The largest absolute Gasteiger partial charge is 0.481 e. The molecule has 0 aromatic heterocycles. The molecule has 0 aromatic carbocycles. The summed E-state index contributed by atoms with van der Waals surface area (Å²) in [5, 5.41) is 14.6. The van der Waals surface area contributed by atoms with Crippen molar-refractivity contribution < 1.29 is 14.7 Å². The summed E-state index contributed by atoms with van der Waals surface area (Å²) in [5.74, 6) is -0.617. The van der Waals surface area contributed by atoms with Gasteiger partial charge in [-0.15, -0.1) is 0 Å². The lowest BCUT2D eigenvalue weighted by Crippen LogP contribution is -2.45. The molecule has 0 spiro atoms. The average molecular weight is 270 g/mol. The van der Waals surface area contributed by atoms with Gasteiger partial charge < -0.3 is 15.7 Å². The highest BCUT2D eigenvalue weighted by Gasteiger charge is 2.26. The molecule has 0 aromatic rings. The van der Waals surface area contributed by atoms with E-state index in [2.05, 4.69) is 17.6 Å². The molecule has 0 saturated heterocycles. The molecule has 1 aliphatic rings. The topological polar surface area (TPSA) is 78.4 Å². The number of carboxylic acids is 1. The molecule has 0 aliphatic heterocycles. The number of hydrogen-bond donors (Lipinski definition) is 3. The Labute approximate surface area is 115 Å². The van der Waals surface area contributed by atoms with Crippen molar-refractivity contribution in [2.24, 2.45) is 17.8 Å². The molecule has 0 bridgehead atoms. The summed E-state index contributed by atoms with van der Waals surface area (Å²) in [6.45, 7) is 5.93. The zero-order valence-electron chi connectivity index (χ0n) is 12.1. The molecule has 1 rings (SSSR count). The zero-order valence-corrected chi connectivity index (χ0v) is 12.1. The summed E-state index contributed by atoms with van der Waals surface area (Å²) < 4.78 is 0. The predicted molar refractivity (Wildman–Crippen MR) is 73.9 cm³/mol. The van der Waals surface area contributed by atoms with Gasteiger partial charge in [0.1, 0.15) is 0 Å². The molecule has 5 nitrogen and oxygen atoms in total. The van der Waals surface area contributed by atoms with Crippen LogP contribution in [0.2, 0.25) is 0 Å². The molecule has 5 heteroatoms. The van der Waals surface area contributed by atoms with E-state index in [-0.39, 0.29) is 24.5 Å². The van der Waals surface area contributed by atoms with Crippen molar-refractivity contribution in [1.29, 1.82) is 0 Å². The summed E-state index contributed by atoms with van der Waals surface area (Å²) in [5.41, 5.74) is 0. The molecule has 3 N–H and O–H groups in total. The first-order valence-electron chi connectivity index (χ1n) is 7.21. The van der Waals surface area contributed by atoms with Gasteiger partial charge in [0.2, 0.25) is 0 Å². The van der Waals surface area contributed by atoms with Gasteiger partial charge in [-0.1, -0.05) is 33.6 Å². The molecule has 2 amide bonds. The van der Waals surface area contributed by atoms with Crippen molar-refractivity contribution in [2.75, 3.05) is 6.54 Å². The molecule has 1 fully saturated rings. The van der Waals surface area contributed by atoms with E-state index in [4.69, 9.17) is 5.11 Å². The summed E-state index contributed by atoms with van der Waals surface area (Å²) in [6.07, 6.45) is 4.50. The first-order chi connectivity index (χ1) is 8.93. The molecular formula is C14H26N2O3. The minimum absolute atomic E-state index is 0.00577. The third kappa shape index (κ3) is 5.94. The monoisotopic (exact) mass is 270 g/mol. The maximum Gasteiger partial charge on any atom is 0.315 e. The van der Waals surface area contributed by atoms with Crippen molar-refractivity contribution in [1.82, 2.24) is 10.6 Å². The Morgan fingerprint density at radius 2 is 1.95 bits per heavy atom. The lowest BCUT2D eigenvalue weighted by molar-refractivity contribution is -0.142. The molecule has 19 heavy (non-hydrogen) atoms. The van der Waals surface area contributed by atoms with E-state index in [1.807, 2.05) is 13.8 Å². The fourth-order valence-corrected chi connectivity index (χ4v) is 2.13. The second-order valence-corrected chi connectivity index (χ2v) is 5.83. The zero-order chi connectivity index (χ0) is 14.4. The van der Waals surface area contributed by atoms with Crippen molar-refractivity contribution in [3.05, 3.63) is 0 Å². The number of amides is 2. The Balaban J connectivity index is 2.30. The number of carboxylic acid groups (broad SMARTS) is 1. The normalized spacial score (nSPS) is 17.9. The van der Waals surface area contributed by atoms with Gasteiger partial charge in [-0.2, -0.15) is 0 Å². The van der Waals surface area contributed by atoms with Crippen molar-refractivity contribution in [3.8, 4) is 0 Å². The van der Waals surface area contributed by atoms with Gasteiger partial charge in [-0.3, -0.25) is 4.79 Å². The second kappa shape index (κ2) is 7.36. The third-order valence-electron chi connectivity index (χ3n) is 3.75. The summed E-state index contributed by atoms with van der Waals surface area (Å²) in [6, 6.07) is -0.0470. The Bertz CT molecular complexity index is 314. The SMILES string of the molecule is CCC(CC1CC1)NC(=O)NCC(C(=O)O)C(C)C. The molecule has 2 atom stereocenters. The lowest BCUT2D eigenvalue weighted by atomic mass is 9.96. The van der Waals surface area contributed by atoms with Crippen LogP contribution in [0.15, 0.2) is 0 Å². The van der Waals surface area contributed by atoms with E-state index < -0.39 is 11.9 Å². The van der Waals surface area contributed by atoms with Crippen LogP contribution in [-0.4, -0.2) is 29.7 Å². The van der Waals surface area contributed by atoms with Crippen LogP contribution >= 0.6 is 0 Å². The molecule has 110 valence electrons. The molecular weight excluding hydrogens is 244 g/mol. The van der Waals surface area contributed by atoms with Gasteiger partial charge >= 0.3 is 12.0 Å². The average Bonchev–Trinajstić information content (AvgIpc) is 3.11. The maximum atomic E-state index is 11.7. The minimum Gasteiger partial charge on any atom is -0.481 e. The van der Waals surface area contributed by atoms with Gasteiger partial charge in [-0.05, 0) is 24.7 Å². The number of carbonyl (C=O) groups is 2. The maximum absolute atomic E-state index is 11.7. The van der Waals surface area contributed by atoms with E-state index in [0.717, 1.165) is 18.8 Å². The van der Waals surface area contributed by atoms with Gasteiger partial charge in [0.05, 0.1) is 5.92 Å². The van der Waals surface area contributed by atoms with Crippen LogP contribution in [-0.2, 0) is 4.79 Å². The number of aliphatic carboxylic acids is 1. The van der Waals surface area contributed by atoms with Gasteiger partial charge in [0.25, 0.3) is 0 Å². The summed E-state index contributed by atoms with van der Waals surface area (Å²) in [7, 11) is 0.